The van der Waals surface area contributed by atoms with Crippen LogP contribution in [0.3, 0.4) is 0 Å². The fraction of sp³-hybridized carbons (Fsp3) is 0.364. The summed E-state index contributed by atoms with van der Waals surface area (Å²) in [6.45, 7) is -0.110. The lowest BCUT2D eigenvalue weighted by Crippen LogP contribution is -2.20. The van der Waals surface area contributed by atoms with Crippen LogP contribution in [0.5, 0.6) is 5.75 Å². The number of hydrogen-bond acceptors (Lipinski definition) is 5. The third-order valence-corrected chi connectivity index (χ3v) is 2.34. The smallest absolute Gasteiger partial charge is 0.416 e. The summed E-state index contributed by atoms with van der Waals surface area (Å²) in [5.41, 5.74) is 3.37. The van der Waals surface area contributed by atoms with Gasteiger partial charge in [-0.3, -0.25) is 10.1 Å². The molecule has 0 aliphatic rings. The molecule has 1 unspecified atom stereocenters. The van der Waals surface area contributed by atoms with Crippen LogP contribution >= 0.6 is 0 Å². The van der Waals surface area contributed by atoms with E-state index in [4.69, 9.17) is 15.7 Å². The number of nitrogens with zero attached hydrogens (tertiary/aromatic N) is 2. The van der Waals surface area contributed by atoms with E-state index in [1.54, 1.807) is 6.07 Å². The Balaban J connectivity index is 2.92. The van der Waals surface area contributed by atoms with Gasteiger partial charge in [-0.15, -0.1) is 0 Å². The van der Waals surface area contributed by atoms with Crippen LogP contribution < -0.4 is 10.5 Å². The van der Waals surface area contributed by atoms with E-state index in [0.29, 0.717) is 12.1 Å². The molecule has 1 atom stereocenters. The molecule has 0 spiro atoms. The van der Waals surface area contributed by atoms with E-state index < -0.39 is 28.4 Å². The number of benzene rings is 1. The third-order valence-electron chi connectivity index (χ3n) is 2.34. The zero-order valence-corrected chi connectivity index (χ0v) is 10.1. The Labute approximate surface area is 111 Å². The molecule has 0 fully saturated rings. The van der Waals surface area contributed by atoms with Crippen molar-refractivity contribution in [1.82, 2.24) is 0 Å². The quantitative estimate of drug-likeness (QED) is 0.661. The first-order valence-electron chi connectivity index (χ1n) is 5.39. The second-order valence-electron chi connectivity index (χ2n) is 3.81. The number of halogens is 3. The molecule has 0 saturated heterocycles. The molecule has 0 amide bonds. The monoisotopic (exact) mass is 289 g/mol. The third kappa shape index (κ3) is 4.10. The predicted molar refractivity (Wildman–Crippen MR) is 61.8 cm³/mol. The lowest BCUT2D eigenvalue weighted by molar-refractivity contribution is -0.386. The number of nitrogens with two attached hydrogens (primary N) is 1. The van der Waals surface area contributed by atoms with Crippen molar-refractivity contribution < 1.29 is 22.8 Å². The van der Waals surface area contributed by atoms with Crippen LogP contribution in [-0.4, -0.2) is 17.6 Å². The van der Waals surface area contributed by atoms with E-state index in [-0.39, 0.29) is 18.8 Å². The first-order valence-corrected chi connectivity index (χ1v) is 5.39. The van der Waals surface area contributed by atoms with Gasteiger partial charge in [0.05, 0.1) is 29.2 Å². The zero-order chi connectivity index (χ0) is 15.3. The number of hydrogen-bond donors (Lipinski definition) is 1. The number of ether oxygens (including phenoxy) is 1. The van der Waals surface area contributed by atoms with Crippen LogP contribution in [0.4, 0.5) is 18.9 Å². The number of nitro groups is 1. The van der Waals surface area contributed by atoms with Gasteiger partial charge in [-0.25, -0.2) is 0 Å². The van der Waals surface area contributed by atoms with E-state index >= 15 is 0 Å². The van der Waals surface area contributed by atoms with Gasteiger partial charge in [0, 0.05) is 12.5 Å². The predicted octanol–water partition coefficient (Wildman–Crippen LogP) is 2.23. The summed E-state index contributed by atoms with van der Waals surface area (Å²) in [4.78, 5) is 9.77. The van der Waals surface area contributed by atoms with Crippen LogP contribution in [0.15, 0.2) is 18.2 Å². The second kappa shape index (κ2) is 6.21. The van der Waals surface area contributed by atoms with Crippen LogP contribution in [0.25, 0.3) is 0 Å². The highest BCUT2D eigenvalue weighted by Gasteiger charge is 2.33. The Morgan fingerprint density at radius 3 is 2.65 bits per heavy atom. The molecule has 0 aromatic heterocycles. The van der Waals surface area contributed by atoms with Crippen molar-refractivity contribution in [1.29, 1.82) is 5.26 Å². The topological polar surface area (TPSA) is 102 Å². The fourth-order valence-electron chi connectivity index (χ4n) is 1.32. The van der Waals surface area contributed by atoms with E-state index in [0.717, 1.165) is 6.07 Å². The SMILES string of the molecule is N#CC(N)CCOc1ccc(C(F)(F)F)cc1[N+](=O)[O-]. The van der Waals surface area contributed by atoms with Gasteiger partial charge in [0.2, 0.25) is 0 Å². The minimum absolute atomic E-state index is 0.106. The summed E-state index contributed by atoms with van der Waals surface area (Å²) in [5, 5.41) is 19.2. The molecule has 0 radical (unpaired) electrons. The number of alkyl halides is 3. The Bertz CT molecular complexity index is 540. The summed E-state index contributed by atoms with van der Waals surface area (Å²) in [7, 11) is 0. The van der Waals surface area contributed by atoms with Gasteiger partial charge >= 0.3 is 11.9 Å². The number of nitro benzene ring substituents is 1. The first kappa shape index (κ1) is 15.7. The van der Waals surface area contributed by atoms with Gasteiger partial charge in [-0.1, -0.05) is 0 Å². The lowest BCUT2D eigenvalue weighted by atomic mass is 10.2. The van der Waals surface area contributed by atoms with Crippen molar-refractivity contribution >= 4 is 5.69 Å². The van der Waals surface area contributed by atoms with Crippen molar-refractivity contribution in [2.45, 2.75) is 18.6 Å². The largest absolute Gasteiger partial charge is 0.487 e. The maximum Gasteiger partial charge on any atom is 0.416 e. The summed E-state index contributed by atoms with van der Waals surface area (Å²) in [5.74, 6) is -0.298. The van der Waals surface area contributed by atoms with Gasteiger partial charge in [0.15, 0.2) is 5.75 Å². The molecule has 0 aliphatic carbocycles. The minimum Gasteiger partial charge on any atom is -0.487 e. The minimum atomic E-state index is -4.67. The van der Waals surface area contributed by atoms with Crippen LogP contribution in [0.1, 0.15) is 12.0 Å². The van der Waals surface area contributed by atoms with Gasteiger partial charge in [-0.05, 0) is 12.1 Å². The van der Waals surface area contributed by atoms with Crippen LogP contribution in [0, 0.1) is 21.4 Å². The highest BCUT2D eigenvalue weighted by molar-refractivity contribution is 5.49. The molecule has 1 aromatic rings. The van der Waals surface area contributed by atoms with Gasteiger partial charge < -0.3 is 10.5 Å². The summed E-state index contributed by atoms with van der Waals surface area (Å²) in [6, 6.07) is 2.89. The molecule has 9 heteroatoms. The first-order chi connectivity index (χ1) is 9.25. The summed E-state index contributed by atoms with van der Waals surface area (Å²) >= 11 is 0. The van der Waals surface area contributed by atoms with E-state index in [1.807, 2.05) is 0 Å². The summed E-state index contributed by atoms with van der Waals surface area (Å²) in [6.07, 6.45) is -4.57. The highest BCUT2D eigenvalue weighted by Crippen LogP contribution is 2.36. The average molecular weight is 289 g/mol. The van der Waals surface area contributed by atoms with Gasteiger partial charge in [0.1, 0.15) is 0 Å². The van der Waals surface area contributed by atoms with Crippen molar-refractivity contribution in [3.63, 3.8) is 0 Å². The Kier molecular flexibility index (Phi) is 4.88. The van der Waals surface area contributed by atoms with E-state index in [2.05, 4.69) is 0 Å². The van der Waals surface area contributed by atoms with Crippen molar-refractivity contribution in [2.75, 3.05) is 6.61 Å². The molecule has 1 aromatic carbocycles. The van der Waals surface area contributed by atoms with Gasteiger partial charge in [0.25, 0.3) is 0 Å². The molecular formula is C11H10F3N3O3. The molecular weight excluding hydrogens is 279 g/mol. The molecule has 2 N–H and O–H groups in total. The molecule has 20 heavy (non-hydrogen) atoms. The number of rotatable bonds is 5. The van der Waals surface area contributed by atoms with Crippen LogP contribution in [0.2, 0.25) is 0 Å². The normalized spacial score (nSPS) is 12.6. The average Bonchev–Trinajstić information content (AvgIpc) is 2.37. The Morgan fingerprint density at radius 1 is 1.50 bits per heavy atom. The van der Waals surface area contributed by atoms with Crippen LogP contribution in [-0.2, 0) is 6.18 Å². The second-order valence-corrected chi connectivity index (χ2v) is 3.81. The zero-order valence-electron chi connectivity index (χ0n) is 10.1. The molecule has 0 saturated carbocycles. The highest BCUT2D eigenvalue weighted by atomic mass is 19.4. The van der Waals surface area contributed by atoms with E-state index in [1.165, 1.54) is 0 Å². The molecule has 1 rings (SSSR count). The standard InChI is InChI=1S/C11H10F3N3O3/c12-11(13,14)7-1-2-10(9(5-7)17(18)19)20-4-3-8(16)6-15/h1-2,5,8H,3-4,16H2. The Morgan fingerprint density at radius 2 is 2.15 bits per heavy atom. The van der Waals surface area contributed by atoms with Crippen molar-refractivity contribution in [3.05, 3.63) is 33.9 Å². The molecule has 0 aliphatic heterocycles. The molecule has 6 nitrogen and oxygen atoms in total. The number of nitriles is 1. The van der Waals surface area contributed by atoms with Crippen molar-refractivity contribution in [2.24, 2.45) is 5.73 Å². The lowest BCUT2D eigenvalue weighted by Gasteiger charge is -2.10. The van der Waals surface area contributed by atoms with Crippen molar-refractivity contribution in [3.8, 4) is 11.8 Å². The van der Waals surface area contributed by atoms with E-state index in [9.17, 15) is 23.3 Å². The maximum atomic E-state index is 12.5. The molecule has 0 bridgehead atoms. The molecule has 0 heterocycles. The molecule has 108 valence electrons. The Hall–Kier alpha value is -2.34. The fourth-order valence-corrected chi connectivity index (χ4v) is 1.32. The summed E-state index contributed by atoms with van der Waals surface area (Å²) < 4.78 is 42.4. The maximum absolute atomic E-state index is 12.5. The van der Waals surface area contributed by atoms with Gasteiger partial charge in [-0.2, -0.15) is 18.4 Å².